The van der Waals surface area contributed by atoms with E-state index in [0.29, 0.717) is 0 Å². The molecule has 0 spiro atoms. The van der Waals surface area contributed by atoms with Gasteiger partial charge in [-0.1, -0.05) is 38.1 Å². The number of carboxylic acids is 1. The number of aliphatic carboxylic acids is 1. The van der Waals surface area contributed by atoms with Gasteiger partial charge < -0.3 is 5.11 Å². The topological polar surface area (TPSA) is 40.5 Å². The minimum absolute atomic E-state index is 0.727. The largest absolute Gasteiger partial charge is 0.478 e. The van der Waals surface area contributed by atoms with Crippen molar-refractivity contribution in [1.29, 1.82) is 0 Å². The van der Waals surface area contributed by atoms with Gasteiger partial charge in [0.1, 0.15) is 0 Å². The third kappa shape index (κ3) is 3.94. The van der Waals surface area contributed by atoms with Crippen molar-refractivity contribution in [2.75, 3.05) is 13.1 Å². The smallest absolute Gasteiger partial charge is 0.328 e. The van der Waals surface area contributed by atoms with Gasteiger partial charge in [0, 0.05) is 19.2 Å². The summed E-state index contributed by atoms with van der Waals surface area (Å²) in [4.78, 5) is 13.1. The summed E-state index contributed by atoms with van der Waals surface area (Å²) in [6.45, 7) is 7.79. The molecule has 2 atom stereocenters. The number of hydrogen-bond donors (Lipinski definition) is 1. The Morgan fingerprint density at radius 1 is 1.35 bits per heavy atom. The second kappa shape index (κ2) is 6.71. The first kappa shape index (κ1) is 14.8. The van der Waals surface area contributed by atoms with E-state index in [2.05, 4.69) is 24.8 Å². The van der Waals surface area contributed by atoms with E-state index >= 15 is 0 Å². The molecule has 20 heavy (non-hydrogen) atoms. The Hall–Kier alpha value is -1.61. The van der Waals surface area contributed by atoms with Crippen molar-refractivity contribution in [2.24, 2.45) is 11.8 Å². The summed E-state index contributed by atoms with van der Waals surface area (Å²) in [7, 11) is 0. The Balaban J connectivity index is 2.07. The zero-order valence-corrected chi connectivity index (χ0v) is 12.2. The van der Waals surface area contributed by atoms with Crippen LogP contribution in [0.5, 0.6) is 0 Å². The molecule has 1 fully saturated rings. The van der Waals surface area contributed by atoms with Crippen LogP contribution in [0.1, 0.15) is 31.4 Å². The molecule has 0 aliphatic carbocycles. The van der Waals surface area contributed by atoms with Crippen LogP contribution in [0.2, 0.25) is 0 Å². The Morgan fingerprint density at radius 2 is 2.10 bits per heavy atom. The van der Waals surface area contributed by atoms with Gasteiger partial charge in [-0.2, -0.15) is 0 Å². The molecule has 0 radical (unpaired) electrons. The highest BCUT2D eigenvalue weighted by molar-refractivity contribution is 5.85. The average Bonchev–Trinajstić information content (AvgIpc) is 2.42. The van der Waals surface area contributed by atoms with E-state index in [1.54, 1.807) is 6.08 Å². The monoisotopic (exact) mass is 273 g/mol. The normalized spacial score (nSPS) is 24.1. The number of carbonyl (C=O) groups is 1. The number of carboxylic acid groups (broad SMARTS) is 1. The van der Waals surface area contributed by atoms with Gasteiger partial charge >= 0.3 is 5.97 Å². The van der Waals surface area contributed by atoms with Crippen molar-refractivity contribution in [3.63, 3.8) is 0 Å². The molecule has 1 aliphatic rings. The molecule has 3 nitrogen and oxygen atoms in total. The van der Waals surface area contributed by atoms with Gasteiger partial charge in [0.15, 0.2) is 0 Å². The molecule has 0 saturated carbocycles. The quantitative estimate of drug-likeness (QED) is 0.856. The van der Waals surface area contributed by atoms with Crippen LogP contribution in [0, 0.1) is 11.8 Å². The van der Waals surface area contributed by atoms with E-state index in [1.807, 2.05) is 18.2 Å². The third-order valence-electron chi connectivity index (χ3n) is 4.27. The summed E-state index contributed by atoms with van der Waals surface area (Å²) in [5.41, 5.74) is 2.20. The fourth-order valence-corrected chi connectivity index (χ4v) is 2.74. The summed E-state index contributed by atoms with van der Waals surface area (Å²) in [5.74, 6) is 0.624. The van der Waals surface area contributed by atoms with Gasteiger partial charge in [0.05, 0.1) is 0 Å². The van der Waals surface area contributed by atoms with E-state index in [4.69, 9.17) is 5.11 Å². The van der Waals surface area contributed by atoms with Crippen LogP contribution in [-0.2, 0) is 11.3 Å². The molecular formula is C17H23NO2. The first-order chi connectivity index (χ1) is 9.56. The minimum atomic E-state index is -0.903. The Labute approximate surface area is 120 Å². The summed E-state index contributed by atoms with van der Waals surface area (Å²) in [6.07, 6.45) is 4.14. The van der Waals surface area contributed by atoms with Crippen molar-refractivity contribution < 1.29 is 9.90 Å². The van der Waals surface area contributed by atoms with Crippen molar-refractivity contribution in [1.82, 2.24) is 4.90 Å². The Morgan fingerprint density at radius 3 is 2.80 bits per heavy atom. The molecule has 2 unspecified atom stereocenters. The maximum atomic E-state index is 10.7. The van der Waals surface area contributed by atoms with Crippen molar-refractivity contribution in [3.05, 3.63) is 41.5 Å². The highest BCUT2D eigenvalue weighted by atomic mass is 16.4. The van der Waals surface area contributed by atoms with Gasteiger partial charge in [-0.15, -0.1) is 0 Å². The summed E-state index contributed by atoms with van der Waals surface area (Å²) in [5, 5.41) is 8.75. The summed E-state index contributed by atoms with van der Waals surface area (Å²) >= 11 is 0. The van der Waals surface area contributed by atoms with Crippen LogP contribution in [0.3, 0.4) is 0 Å². The highest BCUT2D eigenvalue weighted by Gasteiger charge is 2.22. The fourth-order valence-electron chi connectivity index (χ4n) is 2.74. The van der Waals surface area contributed by atoms with Crippen molar-refractivity contribution in [3.8, 4) is 0 Å². The lowest BCUT2D eigenvalue weighted by Gasteiger charge is -2.35. The lowest BCUT2D eigenvalue weighted by Crippen LogP contribution is -2.37. The summed E-state index contributed by atoms with van der Waals surface area (Å²) < 4.78 is 0. The van der Waals surface area contributed by atoms with Gasteiger partial charge in [-0.3, -0.25) is 4.90 Å². The van der Waals surface area contributed by atoms with Crippen LogP contribution in [0.15, 0.2) is 30.3 Å². The number of nitrogens with zero attached hydrogens (tertiary/aromatic N) is 1. The molecule has 3 heteroatoms. The number of piperidine rings is 1. The molecule has 0 amide bonds. The van der Waals surface area contributed by atoms with Crippen molar-refractivity contribution >= 4 is 12.0 Å². The molecule has 0 bridgehead atoms. The highest BCUT2D eigenvalue weighted by Crippen LogP contribution is 2.24. The standard InChI is InChI=1S/C17H23NO2/c1-13-9-10-18(11-14(13)2)12-16-6-4-3-5-15(16)7-8-17(19)20/h3-8,13-14H,9-12H2,1-2H3,(H,19,20)/b8-7+. The van der Waals surface area contributed by atoms with Gasteiger partial charge in [0.25, 0.3) is 0 Å². The molecule has 1 N–H and O–H groups in total. The van der Waals surface area contributed by atoms with E-state index in [-0.39, 0.29) is 0 Å². The maximum Gasteiger partial charge on any atom is 0.328 e. The van der Waals surface area contributed by atoms with Gasteiger partial charge in [-0.25, -0.2) is 4.79 Å². The molecule has 1 aromatic rings. The molecule has 1 aliphatic heterocycles. The molecule has 108 valence electrons. The molecule has 2 rings (SSSR count). The van der Waals surface area contributed by atoms with E-state index in [1.165, 1.54) is 18.1 Å². The Bertz CT molecular complexity index is 496. The molecule has 0 aromatic heterocycles. The van der Waals surface area contributed by atoms with Crippen LogP contribution in [0.25, 0.3) is 6.08 Å². The predicted molar refractivity (Wildman–Crippen MR) is 81.3 cm³/mol. The first-order valence-electron chi connectivity index (χ1n) is 7.27. The first-order valence-corrected chi connectivity index (χ1v) is 7.27. The van der Waals surface area contributed by atoms with Crippen LogP contribution < -0.4 is 0 Å². The van der Waals surface area contributed by atoms with Crippen LogP contribution in [-0.4, -0.2) is 29.1 Å². The van der Waals surface area contributed by atoms with E-state index in [0.717, 1.165) is 37.0 Å². The van der Waals surface area contributed by atoms with Crippen LogP contribution >= 0.6 is 0 Å². The zero-order chi connectivity index (χ0) is 14.5. The predicted octanol–water partition coefficient (Wildman–Crippen LogP) is 3.26. The minimum Gasteiger partial charge on any atom is -0.478 e. The number of likely N-dealkylation sites (tertiary alicyclic amines) is 1. The SMILES string of the molecule is CC1CCN(Cc2ccccc2/C=C/C(=O)O)CC1C. The van der Waals surface area contributed by atoms with Gasteiger partial charge in [0.2, 0.25) is 0 Å². The zero-order valence-electron chi connectivity index (χ0n) is 12.2. The Kier molecular flexibility index (Phi) is 4.96. The number of rotatable bonds is 4. The van der Waals surface area contributed by atoms with E-state index < -0.39 is 5.97 Å². The molecule has 1 heterocycles. The molecule has 1 saturated heterocycles. The maximum absolute atomic E-state index is 10.7. The number of benzene rings is 1. The molecular weight excluding hydrogens is 250 g/mol. The second-order valence-corrected chi connectivity index (χ2v) is 5.85. The fraction of sp³-hybridized carbons (Fsp3) is 0.471. The van der Waals surface area contributed by atoms with Crippen molar-refractivity contribution in [2.45, 2.75) is 26.8 Å². The summed E-state index contributed by atoms with van der Waals surface area (Å²) in [6, 6.07) is 8.03. The van der Waals surface area contributed by atoms with Crippen LogP contribution in [0.4, 0.5) is 0 Å². The van der Waals surface area contributed by atoms with Gasteiger partial charge in [-0.05, 0) is 42.0 Å². The number of hydrogen-bond acceptors (Lipinski definition) is 2. The average molecular weight is 273 g/mol. The lowest BCUT2D eigenvalue weighted by atomic mass is 9.88. The van der Waals surface area contributed by atoms with E-state index in [9.17, 15) is 4.79 Å². The lowest BCUT2D eigenvalue weighted by molar-refractivity contribution is -0.131. The third-order valence-corrected chi connectivity index (χ3v) is 4.27. The second-order valence-electron chi connectivity index (χ2n) is 5.85. The molecule has 1 aromatic carbocycles.